The molecule has 0 spiro atoms. The van der Waals surface area contributed by atoms with Gasteiger partial charge in [0.2, 0.25) is 5.78 Å². The van der Waals surface area contributed by atoms with Crippen molar-refractivity contribution in [2.24, 2.45) is 0 Å². The monoisotopic (exact) mass is 350 g/mol. The first-order valence-corrected chi connectivity index (χ1v) is 7.47. The van der Waals surface area contributed by atoms with E-state index in [1.54, 1.807) is 41.2 Å². The van der Waals surface area contributed by atoms with Gasteiger partial charge in [0, 0.05) is 16.3 Å². The van der Waals surface area contributed by atoms with Crippen molar-refractivity contribution in [3.63, 3.8) is 0 Å². The Kier molecular flexibility index (Phi) is 4.21. The number of halogens is 3. The molecule has 0 radical (unpaired) electrons. The number of benzene rings is 2. The number of carbonyl (C=O) groups is 1. The Morgan fingerprint density at radius 1 is 0.955 bits per heavy atom. The van der Waals surface area contributed by atoms with Crippen molar-refractivity contribution in [3.05, 3.63) is 81.3 Å². The fourth-order valence-corrected chi connectivity index (χ4v) is 2.48. The first-order valence-electron chi connectivity index (χ1n) is 6.34. The highest BCUT2D eigenvalue weighted by molar-refractivity contribution is 6.42. The molecule has 0 N–H and O–H groups in total. The smallest absolute Gasteiger partial charge is 0.211 e. The molecule has 1 aromatic heterocycles. The zero-order valence-electron chi connectivity index (χ0n) is 11.1. The van der Waals surface area contributed by atoms with Gasteiger partial charge in [0.25, 0.3) is 0 Å². The number of imidazole rings is 1. The number of aromatic nitrogens is 2. The van der Waals surface area contributed by atoms with Crippen molar-refractivity contribution < 1.29 is 4.79 Å². The summed E-state index contributed by atoms with van der Waals surface area (Å²) in [6.45, 7) is 0. The molecule has 2 aromatic carbocycles. The summed E-state index contributed by atoms with van der Waals surface area (Å²) in [5, 5.41) is 1.37. The molecular formula is C16H9Cl3N2O. The third-order valence-corrected chi connectivity index (χ3v) is 4.15. The predicted molar refractivity (Wildman–Crippen MR) is 88.5 cm³/mol. The molecule has 0 atom stereocenters. The molecule has 0 aliphatic rings. The van der Waals surface area contributed by atoms with Gasteiger partial charge in [0.05, 0.1) is 22.6 Å². The maximum Gasteiger partial charge on any atom is 0.211 e. The Morgan fingerprint density at radius 3 is 2.36 bits per heavy atom. The van der Waals surface area contributed by atoms with Crippen molar-refractivity contribution in [1.82, 2.24) is 9.55 Å². The minimum Gasteiger partial charge on any atom is -0.296 e. The molecular weight excluding hydrogens is 343 g/mol. The molecule has 0 aliphatic carbocycles. The van der Waals surface area contributed by atoms with Crippen LogP contribution in [0.4, 0.5) is 0 Å². The maximum atomic E-state index is 12.6. The average Bonchev–Trinajstić information content (AvgIpc) is 2.99. The van der Waals surface area contributed by atoms with Crippen LogP contribution in [0.15, 0.2) is 55.0 Å². The van der Waals surface area contributed by atoms with Gasteiger partial charge in [-0.1, -0.05) is 34.8 Å². The number of carbonyl (C=O) groups excluding carboxylic acids is 1. The average molecular weight is 352 g/mol. The largest absolute Gasteiger partial charge is 0.296 e. The molecule has 3 aromatic rings. The first-order chi connectivity index (χ1) is 10.6. The quantitative estimate of drug-likeness (QED) is 0.618. The van der Waals surface area contributed by atoms with Gasteiger partial charge < -0.3 is 0 Å². The van der Waals surface area contributed by atoms with E-state index in [9.17, 15) is 4.79 Å². The second kappa shape index (κ2) is 6.13. The standard InChI is InChI=1S/C16H9Cl3N2O/c17-11-2-4-12(5-3-11)21-9-20-8-15(21)16(22)10-1-6-13(18)14(19)7-10/h1-9H. The molecule has 0 fully saturated rings. The van der Waals surface area contributed by atoms with Gasteiger partial charge >= 0.3 is 0 Å². The molecule has 0 saturated carbocycles. The SMILES string of the molecule is O=C(c1ccc(Cl)c(Cl)c1)c1cncn1-c1ccc(Cl)cc1. The second-order valence-electron chi connectivity index (χ2n) is 4.58. The molecule has 110 valence electrons. The molecule has 0 bridgehead atoms. The Labute approximate surface area is 142 Å². The molecule has 0 aliphatic heterocycles. The molecule has 3 nitrogen and oxygen atoms in total. The van der Waals surface area contributed by atoms with E-state index in [0.717, 1.165) is 5.69 Å². The van der Waals surface area contributed by atoms with Crippen molar-refractivity contribution in [1.29, 1.82) is 0 Å². The molecule has 0 amide bonds. The molecule has 0 saturated heterocycles. The fourth-order valence-electron chi connectivity index (χ4n) is 2.06. The van der Waals surface area contributed by atoms with Crippen LogP contribution in [0.3, 0.4) is 0 Å². The summed E-state index contributed by atoms with van der Waals surface area (Å²) in [6, 6.07) is 11.9. The second-order valence-corrected chi connectivity index (χ2v) is 5.83. The number of ketones is 1. The first kappa shape index (κ1) is 15.1. The van der Waals surface area contributed by atoms with Crippen molar-refractivity contribution >= 4 is 40.6 Å². The molecule has 0 unspecified atom stereocenters. The third-order valence-electron chi connectivity index (χ3n) is 3.16. The van der Waals surface area contributed by atoms with E-state index < -0.39 is 0 Å². The van der Waals surface area contributed by atoms with Crippen LogP contribution in [-0.4, -0.2) is 15.3 Å². The number of rotatable bonds is 3. The van der Waals surface area contributed by atoms with E-state index in [1.165, 1.54) is 6.20 Å². The van der Waals surface area contributed by atoms with E-state index in [-0.39, 0.29) is 5.78 Å². The van der Waals surface area contributed by atoms with Gasteiger partial charge in [-0.15, -0.1) is 0 Å². The van der Waals surface area contributed by atoms with Crippen molar-refractivity contribution in [2.75, 3.05) is 0 Å². The summed E-state index contributed by atoms with van der Waals surface area (Å²) >= 11 is 17.7. The van der Waals surface area contributed by atoms with E-state index in [2.05, 4.69) is 4.98 Å². The number of nitrogens with zero attached hydrogens (tertiary/aromatic N) is 2. The molecule has 1 heterocycles. The topological polar surface area (TPSA) is 34.9 Å². The molecule has 22 heavy (non-hydrogen) atoms. The van der Waals surface area contributed by atoms with Crippen LogP contribution >= 0.6 is 34.8 Å². The van der Waals surface area contributed by atoms with Crippen LogP contribution in [0.2, 0.25) is 15.1 Å². The van der Waals surface area contributed by atoms with Crippen LogP contribution < -0.4 is 0 Å². The summed E-state index contributed by atoms with van der Waals surface area (Å²) in [5.74, 6) is -0.189. The number of hydrogen-bond acceptors (Lipinski definition) is 2. The zero-order chi connectivity index (χ0) is 15.7. The molecule has 6 heteroatoms. The Balaban J connectivity index is 2.02. The van der Waals surface area contributed by atoms with Gasteiger partial charge in [-0.05, 0) is 42.5 Å². The zero-order valence-corrected chi connectivity index (χ0v) is 13.4. The van der Waals surface area contributed by atoms with Gasteiger partial charge in [0.15, 0.2) is 0 Å². The summed E-state index contributed by atoms with van der Waals surface area (Å²) < 4.78 is 1.70. The number of hydrogen-bond donors (Lipinski definition) is 0. The Bertz CT molecular complexity index is 841. The lowest BCUT2D eigenvalue weighted by molar-refractivity contribution is 0.103. The van der Waals surface area contributed by atoms with Crippen LogP contribution in [0.1, 0.15) is 16.1 Å². The van der Waals surface area contributed by atoms with E-state index in [0.29, 0.717) is 26.3 Å². The Morgan fingerprint density at radius 2 is 1.68 bits per heavy atom. The summed E-state index contributed by atoms with van der Waals surface area (Å²) in [6.07, 6.45) is 3.09. The highest BCUT2D eigenvalue weighted by Crippen LogP contribution is 2.24. The van der Waals surface area contributed by atoms with Gasteiger partial charge in [0.1, 0.15) is 5.69 Å². The highest BCUT2D eigenvalue weighted by atomic mass is 35.5. The van der Waals surface area contributed by atoms with E-state index in [4.69, 9.17) is 34.8 Å². The highest BCUT2D eigenvalue weighted by Gasteiger charge is 2.16. The summed E-state index contributed by atoms with van der Waals surface area (Å²) in [5.41, 5.74) is 1.68. The Hall–Kier alpha value is -1.81. The van der Waals surface area contributed by atoms with Crippen LogP contribution in [0, 0.1) is 0 Å². The van der Waals surface area contributed by atoms with Crippen molar-refractivity contribution in [2.45, 2.75) is 0 Å². The lowest BCUT2D eigenvalue weighted by atomic mass is 10.1. The lowest BCUT2D eigenvalue weighted by Crippen LogP contribution is -2.08. The van der Waals surface area contributed by atoms with E-state index in [1.807, 2.05) is 12.1 Å². The lowest BCUT2D eigenvalue weighted by Gasteiger charge is -2.08. The normalized spacial score (nSPS) is 10.7. The predicted octanol–water partition coefficient (Wildman–Crippen LogP) is 5.06. The molecule has 3 rings (SSSR count). The van der Waals surface area contributed by atoms with Crippen molar-refractivity contribution in [3.8, 4) is 5.69 Å². The van der Waals surface area contributed by atoms with Gasteiger partial charge in [-0.25, -0.2) is 4.98 Å². The summed E-state index contributed by atoms with van der Waals surface area (Å²) in [7, 11) is 0. The summed E-state index contributed by atoms with van der Waals surface area (Å²) in [4.78, 5) is 16.7. The van der Waals surface area contributed by atoms with Gasteiger partial charge in [-0.3, -0.25) is 9.36 Å². The van der Waals surface area contributed by atoms with Crippen LogP contribution in [0.25, 0.3) is 5.69 Å². The minimum atomic E-state index is -0.189. The van der Waals surface area contributed by atoms with Crippen LogP contribution in [-0.2, 0) is 0 Å². The van der Waals surface area contributed by atoms with E-state index >= 15 is 0 Å². The fraction of sp³-hybridized carbons (Fsp3) is 0. The van der Waals surface area contributed by atoms with Crippen LogP contribution in [0.5, 0.6) is 0 Å². The van der Waals surface area contributed by atoms with Gasteiger partial charge in [-0.2, -0.15) is 0 Å². The third kappa shape index (κ3) is 2.88. The maximum absolute atomic E-state index is 12.6. The minimum absolute atomic E-state index is 0.189.